The number of nitrogens with one attached hydrogen (secondary N) is 1. The lowest BCUT2D eigenvalue weighted by molar-refractivity contribution is -0.140. The Bertz CT molecular complexity index is 723. The second-order valence-electron chi connectivity index (χ2n) is 5.54. The number of hydrogen-bond donors (Lipinski definition) is 1. The van der Waals surface area contributed by atoms with Crippen molar-refractivity contribution in [3.05, 3.63) is 41.2 Å². The number of morpholine rings is 1. The quantitative estimate of drug-likeness (QED) is 0.877. The molecule has 25 heavy (non-hydrogen) atoms. The molecule has 2 aromatic rings. The number of hydrogen-bond acceptors (Lipinski definition) is 6. The van der Waals surface area contributed by atoms with E-state index < -0.39 is 0 Å². The SMILES string of the molecule is O=C(CCC(=O)N1CCOC(c2ccc(F)cc2)C1)Nc1nncs1. The number of aromatic nitrogens is 2. The maximum atomic E-state index is 13.0. The van der Waals surface area contributed by atoms with Gasteiger partial charge < -0.3 is 15.0 Å². The fourth-order valence-electron chi connectivity index (χ4n) is 2.54. The molecule has 1 unspecified atom stereocenters. The van der Waals surface area contributed by atoms with Crippen LogP contribution >= 0.6 is 11.3 Å². The Morgan fingerprint density at radius 1 is 1.32 bits per heavy atom. The van der Waals surface area contributed by atoms with Crippen LogP contribution in [0.2, 0.25) is 0 Å². The van der Waals surface area contributed by atoms with Gasteiger partial charge in [-0.2, -0.15) is 0 Å². The lowest BCUT2D eigenvalue weighted by Gasteiger charge is -2.33. The summed E-state index contributed by atoms with van der Waals surface area (Å²) < 4.78 is 18.7. The van der Waals surface area contributed by atoms with Crippen molar-refractivity contribution in [2.45, 2.75) is 18.9 Å². The largest absolute Gasteiger partial charge is 0.370 e. The van der Waals surface area contributed by atoms with Gasteiger partial charge in [-0.1, -0.05) is 23.5 Å². The van der Waals surface area contributed by atoms with Crippen molar-refractivity contribution < 1.29 is 18.7 Å². The Labute approximate surface area is 147 Å². The molecule has 0 radical (unpaired) electrons. The Morgan fingerprint density at radius 3 is 2.84 bits per heavy atom. The molecule has 0 spiro atoms. The Morgan fingerprint density at radius 2 is 2.12 bits per heavy atom. The first kappa shape index (κ1) is 17.4. The van der Waals surface area contributed by atoms with Crippen LogP contribution in [0.15, 0.2) is 29.8 Å². The van der Waals surface area contributed by atoms with Crippen LogP contribution < -0.4 is 5.32 Å². The molecule has 1 aliphatic rings. The van der Waals surface area contributed by atoms with Gasteiger partial charge in [0.1, 0.15) is 17.4 Å². The molecule has 1 saturated heterocycles. The first-order chi connectivity index (χ1) is 12.1. The lowest BCUT2D eigenvalue weighted by atomic mass is 10.1. The molecule has 0 aliphatic carbocycles. The van der Waals surface area contributed by atoms with E-state index in [1.54, 1.807) is 17.0 Å². The van der Waals surface area contributed by atoms with E-state index in [-0.39, 0.29) is 36.6 Å². The summed E-state index contributed by atoms with van der Waals surface area (Å²) in [6.45, 7) is 1.28. The summed E-state index contributed by atoms with van der Waals surface area (Å²) in [7, 11) is 0. The highest BCUT2D eigenvalue weighted by Gasteiger charge is 2.25. The molecule has 2 heterocycles. The van der Waals surface area contributed by atoms with Gasteiger partial charge in [-0.15, -0.1) is 10.2 Å². The normalized spacial score (nSPS) is 17.3. The molecule has 1 aliphatic heterocycles. The van der Waals surface area contributed by atoms with Gasteiger partial charge in [-0.25, -0.2) is 4.39 Å². The maximum Gasteiger partial charge on any atom is 0.226 e. The van der Waals surface area contributed by atoms with Gasteiger partial charge in [0.25, 0.3) is 0 Å². The summed E-state index contributed by atoms with van der Waals surface area (Å²) in [5.41, 5.74) is 2.34. The van der Waals surface area contributed by atoms with Crippen LogP contribution in [0.25, 0.3) is 0 Å². The Hall–Kier alpha value is -2.39. The van der Waals surface area contributed by atoms with E-state index >= 15 is 0 Å². The monoisotopic (exact) mass is 364 g/mol. The van der Waals surface area contributed by atoms with Gasteiger partial charge in [0.05, 0.1) is 13.2 Å². The minimum absolute atomic E-state index is 0.0803. The van der Waals surface area contributed by atoms with E-state index in [0.717, 1.165) is 5.56 Å². The van der Waals surface area contributed by atoms with E-state index in [1.165, 1.54) is 29.0 Å². The summed E-state index contributed by atoms with van der Waals surface area (Å²) >= 11 is 1.22. The second kappa shape index (κ2) is 8.13. The van der Waals surface area contributed by atoms with E-state index in [1.807, 2.05) is 0 Å². The number of ether oxygens (including phenoxy) is 1. The average Bonchev–Trinajstić information content (AvgIpc) is 3.13. The summed E-state index contributed by atoms with van der Waals surface area (Å²) in [4.78, 5) is 25.8. The van der Waals surface area contributed by atoms with Crippen molar-refractivity contribution in [2.75, 3.05) is 25.0 Å². The molecule has 7 nitrogen and oxygen atoms in total. The number of carbonyl (C=O) groups excluding carboxylic acids is 2. The maximum absolute atomic E-state index is 13.0. The summed E-state index contributed by atoms with van der Waals surface area (Å²) in [6, 6.07) is 6.06. The Kier molecular flexibility index (Phi) is 5.67. The van der Waals surface area contributed by atoms with Crippen LogP contribution in [0.5, 0.6) is 0 Å². The zero-order valence-corrected chi connectivity index (χ0v) is 14.2. The third-order valence-corrected chi connectivity index (χ3v) is 4.44. The van der Waals surface area contributed by atoms with Crippen molar-refractivity contribution in [3.63, 3.8) is 0 Å². The molecule has 0 saturated carbocycles. The number of halogens is 1. The molecule has 9 heteroatoms. The van der Waals surface area contributed by atoms with Crippen LogP contribution in [0.4, 0.5) is 9.52 Å². The minimum atomic E-state index is -0.311. The number of nitrogens with zero attached hydrogens (tertiary/aromatic N) is 3. The molecule has 2 amide bonds. The highest BCUT2D eigenvalue weighted by molar-refractivity contribution is 7.13. The highest BCUT2D eigenvalue weighted by Crippen LogP contribution is 2.23. The van der Waals surface area contributed by atoms with Crippen LogP contribution in [0.3, 0.4) is 0 Å². The fraction of sp³-hybridized carbons (Fsp3) is 0.375. The topological polar surface area (TPSA) is 84.4 Å². The van der Waals surface area contributed by atoms with Gasteiger partial charge in [-0.05, 0) is 17.7 Å². The smallest absolute Gasteiger partial charge is 0.226 e. The van der Waals surface area contributed by atoms with Crippen LogP contribution in [0, 0.1) is 5.82 Å². The van der Waals surface area contributed by atoms with Crippen molar-refractivity contribution in [1.29, 1.82) is 0 Å². The second-order valence-corrected chi connectivity index (χ2v) is 6.38. The molecule has 1 N–H and O–H groups in total. The van der Waals surface area contributed by atoms with Gasteiger partial charge in [0.15, 0.2) is 0 Å². The summed E-state index contributed by atoms with van der Waals surface area (Å²) in [5.74, 6) is -0.690. The molecule has 3 rings (SSSR count). The third kappa shape index (κ3) is 4.80. The van der Waals surface area contributed by atoms with E-state index in [2.05, 4.69) is 15.5 Å². The van der Waals surface area contributed by atoms with Crippen molar-refractivity contribution in [2.24, 2.45) is 0 Å². The van der Waals surface area contributed by atoms with Gasteiger partial charge >= 0.3 is 0 Å². The first-order valence-electron chi connectivity index (χ1n) is 7.82. The zero-order chi connectivity index (χ0) is 17.6. The predicted molar refractivity (Wildman–Crippen MR) is 89.4 cm³/mol. The van der Waals surface area contributed by atoms with Crippen molar-refractivity contribution in [3.8, 4) is 0 Å². The number of anilines is 1. The molecule has 1 aromatic heterocycles. The van der Waals surface area contributed by atoms with E-state index in [4.69, 9.17) is 4.74 Å². The van der Waals surface area contributed by atoms with Crippen molar-refractivity contribution >= 4 is 28.3 Å². The molecule has 1 aromatic carbocycles. The van der Waals surface area contributed by atoms with Gasteiger partial charge in [0.2, 0.25) is 16.9 Å². The molecular weight excluding hydrogens is 347 g/mol. The minimum Gasteiger partial charge on any atom is -0.370 e. The fourth-order valence-corrected chi connectivity index (χ4v) is 3.00. The zero-order valence-electron chi connectivity index (χ0n) is 13.4. The van der Waals surface area contributed by atoms with Crippen LogP contribution in [0.1, 0.15) is 24.5 Å². The molecule has 1 atom stereocenters. The molecule has 0 bridgehead atoms. The number of rotatable bonds is 5. The number of benzene rings is 1. The first-order valence-corrected chi connectivity index (χ1v) is 8.70. The average molecular weight is 364 g/mol. The predicted octanol–water partition coefficient (Wildman–Crippen LogP) is 2.00. The van der Waals surface area contributed by atoms with Crippen LogP contribution in [-0.2, 0) is 14.3 Å². The van der Waals surface area contributed by atoms with Crippen LogP contribution in [-0.4, -0.2) is 46.6 Å². The summed E-state index contributed by atoms with van der Waals surface area (Å²) in [5, 5.41) is 10.4. The third-order valence-electron chi connectivity index (χ3n) is 3.83. The van der Waals surface area contributed by atoms with Gasteiger partial charge in [-0.3, -0.25) is 9.59 Å². The number of amides is 2. The van der Waals surface area contributed by atoms with E-state index in [0.29, 0.717) is 24.8 Å². The van der Waals surface area contributed by atoms with Gasteiger partial charge in [0, 0.05) is 19.4 Å². The molecule has 132 valence electrons. The highest BCUT2D eigenvalue weighted by atomic mass is 32.1. The van der Waals surface area contributed by atoms with Crippen molar-refractivity contribution in [1.82, 2.24) is 15.1 Å². The summed E-state index contributed by atoms with van der Waals surface area (Å²) in [6.07, 6.45) is -0.0916. The molecular formula is C16H17FN4O3S. The Balaban J connectivity index is 1.49. The van der Waals surface area contributed by atoms with E-state index in [9.17, 15) is 14.0 Å². The molecule has 1 fully saturated rings. The number of carbonyl (C=O) groups is 2. The standard InChI is InChI=1S/C16H17FN4O3S/c17-12-3-1-11(2-4-12)13-9-21(7-8-24-13)15(23)6-5-14(22)19-16-20-18-10-25-16/h1-4,10,13H,5-9H2,(H,19,20,22). The lowest BCUT2D eigenvalue weighted by Crippen LogP contribution is -2.42.